The molecule has 0 bridgehead atoms. The fourth-order valence-corrected chi connectivity index (χ4v) is 1.32. The van der Waals surface area contributed by atoms with Gasteiger partial charge in [-0.1, -0.05) is 22.6 Å². The summed E-state index contributed by atoms with van der Waals surface area (Å²) >= 11 is 0.787. The zero-order valence-corrected chi connectivity index (χ0v) is 9.03. The summed E-state index contributed by atoms with van der Waals surface area (Å²) in [5.74, 6) is -10.7. The molecule has 0 heterocycles. The first-order valence-electron chi connectivity index (χ1n) is 3.27. The van der Waals surface area contributed by atoms with E-state index in [-0.39, 0.29) is 0 Å². The number of alkyl halides is 1. The minimum Gasteiger partial charge on any atom is -0.481 e. The maximum atomic E-state index is 10.6. The highest BCUT2D eigenvalue weighted by Crippen LogP contribution is 2.30. The molecule has 84 valence electrons. The highest BCUT2D eigenvalue weighted by atomic mass is 127. The SMILES string of the molecule is O=C(O)C(C(=O)O)C(I)(C(=O)O)C(=O)O. The monoisotopic (exact) mass is 332 g/mol. The van der Waals surface area contributed by atoms with Gasteiger partial charge in [0.25, 0.3) is 0 Å². The second kappa shape index (κ2) is 4.42. The van der Waals surface area contributed by atoms with Crippen LogP contribution in [-0.2, 0) is 19.2 Å². The predicted molar refractivity (Wildman–Crippen MR) is 50.8 cm³/mol. The molecule has 0 rings (SSSR count). The molecule has 0 saturated heterocycles. The normalized spacial score (nSPS) is 11.1. The van der Waals surface area contributed by atoms with E-state index in [1.54, 1.807) is 0 Å². The van der Waals surface area contributed by atoms with Crippen molar-refractivity contribution in [1.29, 1.82) is 0 Å². The van der Waals surface area contributed by atoms with Crippen LogP contribution in [0.15, 0.2) is 0 Å². The molecule has 0 atom stereocenters. The number of aliphatic carboxylic acids is 4. The maximum absolute atomic E-state index is 10.6. The molecule has 0 spiro atoms. The van der Waals surface area contributed by atoms with Gasteiger partial charge in [-0.05, 0) is 0 Å². The van der Waals surface area contributed by atoms with Crippen LogP contribution < -0.4 is 0 Å². The summed E-state index contributed by atoms with van der Waals surface area (Å²) < 4.78 is -2.94. The van der Waals surface area contributed by atoms with Gasteiger partial charge in [0, 0.05) is 0 Å². The van der Waals surface area contributed by atoms with Crippen molar-refractivity contribution in [3.63, 3.8) is 0 Å². The number of rotatable bonds is 5. The lowest BCUT2D eigenvalue weighted by Crippen LogP contribution is -2.53. The summed E-state index contributed by atoms with van der Waals surface area (Å²) in [6.07, 6.45) is 0. The van der Waals surface area contributed by atoms with Crippen LogP contribution in [0.1, 0.15) is 0 Å². The quantitative estimate of drug-likeness (QED) is 0.288. The number of hydrogen-bond donors (Lipinski definition) is 4. The Bertz CT molecular complexity index is 306. The first-order valence-corrected chi connectivity index (χ1v) is 4.34. The Morgan fingerprint density at radius 1 is 0.867 bits per heavy atom. The molecule has 0 aliphatic rings. The Morgan fingerprint density at radius 3 is 1.20 bits per heavy atom. The Morgan fingerprint density at radius 2 is 1.13 bits per heavy atom. The molecule has 8 nitrogen and oxygen atoms in total. The van der Waals surface area contributed by atoms with Crippen molar-refractivity contribution in [2.24, 2.45) is 5.92 Å². The first-order chi connectivity index (χ1) is 6.65. The van der Waals surface area contributed by atoms with Crippen LogP contribution in [-0.4, -0.2) is 47.7 Å². The van der Waals surface area contributed by atoms with Gasteiger partial charge in [0.15, 0.2) is 5.92 Å². The molecular formula is C6H5IO8. The minimum atomic E-state index is -2.94. The largest absolute Gasteiger partial charge is 0.481 e. The zero-order chi connectivity index (χ0) is 12.4. The van der Waals surface area contributed by atoms with Crippen LogP contribution in [0, 0.1) is 5.92 Å². The van der Waals surface area contributed by atoms with Crippen LogP contribution in [0.25, 0.3) is 0 Å². The lowest BCUT2D eigenvalue weighted by Gasteiger charge is -2.21. The van der Waals surface area contributed by atoms with Crippen molar-refractivity contribution in [1.82, 2.24) is 0 Å². The number of halogens is 1. The number of hydrogen-bond acceptors (Lipinski definition) is 4. The van der Waals surface area contributed by atoms with E-state index in [0.717, 1.165) is 22.6 Å². The van der Waals surface area contributed by atoms with Gasteiger partial charge < -0.3 is 20.4 Å². The van der Waals surface area contributed by atoms with Gasteiger partial charge in [-0.25, -0.2) is 0 Å². The van der Waals surface area contributed by atoms with Crippen LogP contribution in [0.2, 0.25) is 0 Å². The van der Waals surface area contributed by atoms with Gasteiger partial charge in [-0.3, -0.25) is 19.2 Å². The van der Waals surface area contributed by atoms with Crippen molar-refractivity contribution in [2.75, 3.05) is 0 Å². The van der Waals surface area contributed by atoms with E-state index in [2.05, 4.69) is 0 Å². The lowest BCUT2D eigenvalue weighted by molar-refractivity contribution is -0.167. The third kappa shape index (κ3) is 2.34. The summed E-state index contributed by atoms with van der Waals surface area (Å²) in [6, 6.07) is 0. The predicted octanol–water partition coefficient (Wildman–Crippen LogP) is -0.885. The molecule has 0 fully saturated rings. The van der Waals surface area contributed by atoms with Gasteiger partial charge in [0.05, 0.1) is 0 Å². The van der Waals surface area contributed by atoms with E-state index >= 15 is 0 Å². The summed E-state index contributed by atoms with van der Waals surface area (Å²) in [7, 11) is 0. The van der Waals surface area contributed by atoms with E-state index in [0.29, 0.717) is 0 Å². The van der Waals surface area contributed by atoms with Crippen LogP contribution in [0.4, 0.5) is 0 Å². The second-order valence-corrected chi connectivity index (χ2v) is 4.13. The molecule has 0 saturated carbocycles. The van der Waals surface area contributed by atoms with Crippen molar-refractivity contribution in [3.05, 3.63) is 0 Å². The minimum absolute atomic E-state index is 0.787. The smallest absolute Gasteiger partial charge is 0.332 e. The average molecular weight is 332 g/mol. The summed E-state index contributed by atoms with van der Waals surface area (Å²) in [4.78, 5) is 42.2. The Kier molecular flexibility index (Phi) is 4.01. The van der Waals surface area contributed by atoms with Gasteiger partial charge in [0.2, 0.25) is 3.42 Å². The highest BCUT2D eigenvalue weighted by Gasteiger charge is 2.58. The Labute approximate surface area is 95.6 Å². The van der Waals surface area contributed by atoms with Crippen LogP contribution in [0.3, 0.4) is 0 Å². The van der Waals surface area contributed by atoms with Gasteiger partial charge in [-0.15, -0.1) is 0 Å². The van der Waals surface area contributed by atoms with Crippen molar-refractivity contribution < 1.29 is 39.6 Å². The van der Waals surface area contributed by atoms with E-state index in [9.17, 15) is 19.2 Å². The second-order valence-electron chi connectivity index (χ2n) is 2.43. The van der Waals surface area contributed by atoms with E-state index in [4.69, 9.17) is 20.4 Å². The topological polar surface area (TPSA) is 149 Å². The molecule has 0 amide bonds. The van der Waals surface area contributed by atoms with Gasteiger partial charge >= 0.3 is 23.9 Å². The average Bonchev–Trinajstić information content (AvgIpc) is 2.01. The molecule has 0 aromatic rings. The summed E-state index contributed by atoms with van der Waals surface area (Å²) in [5.41, 5.74) is 0. The highest BCUT2D eigenvalue weighted by molar-refractivity contribution is 14.1. The Hall–Kier alpha value is -1.39. The molecule has 0 aromatic heterocycles. The number of carboxylic acids is 4. The van der Waals surface area contributed by atoms with Crippen LogP contribution in [0.5, 0.6) is 0 Å². The van der Waals surface area contributed by atoms with Crippen molar-refractivity contribution in [2.45, 2.75) is 3.42 Å². The fourth-order valence-electron chi connectivity index (χ4n) is 0.784. The Balaban J connectivity index is 5.59. The standard InChI is InChI=1S/C6H5IO8/c7-6(4(12)13,5(14)15)1(2(8)9)3(10)11/h1H,(H,8,9)(H,10,11)(H,12,13)(H,14,15). The molecule has 0 radical (unpaired) electrons. The summed E-state index contributed by atoms with van der Waals surface area (Å²) in [5, 5.41) is 34.0. The molecule has 0 aromatic carbocycles. The van der Waals surface area contributed by atoms with E-state index in [1.807, 2.05) is 0 Å². The molecule has 15 heavy (non-hydrogen) atoms. The van der Waals surface area contributed by atoms with Gasteiger partial charge in [0.1, 0.15) is 0 Å². The maximum Gasteiger partial charge on any atom is 0.332 e. The van der Waals surface area contributed by atoms with E-state index < -0.39 is 33.2 Å². The zero-order valence-electron chi connectivity index (χ0n) is 6.88. The number of carboxylic acid groups (broad SMARTS) is 4. The molecular weight excluding hydrogens is 327 g/mol. The molecule has 0 aliphatic heterocycles. The van der Waals surface area contributed by atoms with Crippen LogP contribution >= 0.6 is 22.6 Å². The van der Waals surface area contributed by atoms with E-state index in [1.165, 1.54) is 0 Å². The first kappa shape index (κ1) is 13.6. The lowest BCUT2D eigenvalue weighted by atomic mass is 9.92. The number of carbonyl (C=O) groups is 4. The van der Waals surface area contributed by atoms with Gasteiger partial charge in [-0.2, -0.15) is 0 Å². The van der Waals surface area contributed by atoms with Crippen molar-refractivity contribution >= 4 is 46.5 Å². The molecule has 4 N–H and O–H groups in total. The van der Waals surface area contributed by atoms with Crippen molar-refractivity contribution in [3.8, 4) is 0 Å². The third-order valence-electron chi connectivity index (χ3n) is 1.51. The fraction of sp³-hybridized carbons (Fsp3) is 0.333. The third-order valence-corrected chi connectivity index (χ3v) is 3.06. The molecule has 9 heteroatoms. The molecule has 0 aliphatic carbocycles. The summed E-state index contributed by atoms with van der Waals surface area (Å²) in [6.45, 7) is 0. The molecule has 0 unspecified atom stereocenters.